The zero-order chi connectivity index (χ0) is 20.4. The summed E-state index contributed by atoms with van der Waals surface area (Å²) < 4.78 is 2.38. The van der Waals surface area contributed by atoms with Crippen molar-refractivity contribution in [2.45, 2.75) is 19.3 Å². The van der Waals surface area contributed by atoms with Crippen LogP contribution < -0.4 is 0 Å². The summed E-state index contributed by atoms with van der Waals surface area (Å²) in [5.41, 5.74) is 10.9. The van der Waals surface area contributed by atoms with Crippen molar-refractivity contribution in [2.24, 2.45) is 0 Å². The first-order chi connectivity index (χ1) is 14.5. The molecule has 0 amide bonds. The molecule has 0 atom stereocenters. The number of hydrogen-bond acceptors (Lipinski definition) is 0. The molecule has 0 fully saturated rings. The predicted octanol–water partition coefficient (Wildman–Crippen LogP) is 8.38. The molecule has 30 heavy (non-hydrogen) atoms. The van der Waals surface area contributed by atoms with E-state index in [1.54, 1.807) is 0 Å². The van der Waals surface area contributed by atoms with Crippen molar-refractivity contribution < 1.29 is 0 Å². The highest BCUT2D eigenvalue weighted by Gasteiger charge is 2.41. The Morgan fingerprint density at radius 3 is 2.43 bits per heavy atom. The molecule has 0 saturated carbocycles. The van der Waals surface area contributed by atoms with Crippen LogP contribution in [0.15, 0.2) is 66.7 Å². The van der Waals surface area contributed by atoms with Crippen molar-refractivity contribution in [1.82, 2.24) is 4.57 Å². The molecule has 3 heteroatoms. The van der Waals surface area contributed by atoms with E-state index >= 15 is 0 Å². The van der Waals surface area contributed by atoms with Gasteiger partial charge in [-0.2, -0.15) is 0 Å². The quantitative estimate of drug-likeness (QED) is 0.230. The number of halogens is 2. The first kappa shape index (κ1) is 17.0. The minimum atomic E-state index is -0.115. The molecule has 4 aromatic carbocycles. The number of nitrogens with zero attached hydrogens (tertiary/aromatic N) is 1. The SMILES string of the molecule is CC1(C)c2cc(Cl)cc3c2-c2c1ccc1c4ccccc4n(c21)-c1c(Cl)cccc1-3. The molecule has 2 heterocycles. The maximum Gasteiger partial charge on any atom is 0.0727 e. The second kappa shape index (κ2) is 5.29. The molecule has 1 nitrogen and oxygen atoms in total. The summed E-state index contributed by atoms with van der Waals surface area (Å²) >= 11 is 13.6. The molecule has 144 valence electrons. The van der Waals surface area contributed by atoms with Crippen LogP contribution in [0.25, 0.3) is 49.7 Å². The largest absolute Gasteiger partial charge is 0.306 e. The second-order valence-corrected chi connectivity index (χ2v) is 9.72. The molecule has 5 aromatic rings. The number of rotatable bonds is 0. The van der Waals surface area contributed by atoms with Crippen LogP contribution in [0.3, 0.4) is 0 Å². The van der Waals surface area contributed by atoms with E-state index in [0.29, 0.717) is 0 Å². The number of benzene rings is 4. The van der Waals surface area contributed by atoms with Crippen molar-refractivity contribution in [1.29, 1.82) is 0 Å². The van der Waals surface area contributed by atoms with E-state index in [-0.39, 0.29) is 5.41 Å². The van der Waals surface area contributed by atoms with Crippen molar-refractivity contribution >= 4 is 45.0 Å². The molecule has 1 aromatic heterocycles. The Kier molecular flexibility index (Phi) is 3.00. The summed E-state index contributed by atoms with van der Waals surface area (Å²) in [5, 5.41) is 4.04. The lowest BCUT2D eigenvalue weighted by molar-refractivity contribution is 0.661. The van der Waals surface area contributed by atoms with Gasteiger partial charge in [0, 0.05) is 32.3 Å². The zero-order valence-electron chi connectivity index (χ0n) is 16.6. The Bertz CT molecular complexity index is 1590. The summed E-state index contributed by atoms with van der Waals surface area (Å²) in [4.78, 5) is 0. The lowest BCUT2D eigenvalue weighted by atomic mass is 9.81. The third-order valence-electron chi connectivity index (χ3n) is 7.04. The summed E-state index contributed by atoms with van der Waals surface area (Å²) in [6, 6.07) is 23.7. The van der Waals surface area contributed by atoms with Crippen LogP contribution in [0.5, 0.6) is 0 Å². The van der Waals surface area contributed by atoms with E-state index in [0.717, 1.165) is 21.3 Å². The summed E-state index contributed by atoms with van der Waals surface area (Å²) in [5.74, 6) is 0. The number of hydrogen-bond donors (Lipinski definition) is 0. The van der Waals surface area contributed by atoms with Gasteiger partial charge in [0.25, 0.3) is 0 Å². The van der Waals surface area contributed by atoms with Gasteiger partial charge in [-0.05, 0) is 46.5 Å². The number of aromatic nitrogens is 1. The molecule has 7 rings (SSSR count). The fourth-order valence-corrected chi connectivity index (χ4v) is 6.23. The van der Waals surface area contributed by atoms with Crippen molar-refractivity contribution in [3.63, 3.8) is 0 Å². The number of fused-ring (bicyclic) bond motifs is 6. The highest BCUT2D eigenvalue weighted by Crippen LogP contribution is 2.59. The average molecular weight is 426 g/mol. The second-order valence-electron chi connectivity index (χ2n) is 8.87. The molecule has 1 aliphatic carbocycles. The zero-order valence-corrected chi connectivity index (χ0v) is 18.1. The van der Waals surface area contributed by atoms with Gasteiger partial charge in [-0.15, -0.1) is 0 Å². The Balaban J connectivity index is 1.89. The third-order valence-corrected chi connectivity index (χ3v) is 7.56. The Morgan fingerprint density at radius 2 is 1.57 bits per heavy atom. The van der Waals surface area contributed by atoms with Crippen LogP contribution in [-0.4, -0.2) is 4.57 Å². The van der Waals surface area contributed by atoms with Gasteiger partial charge in [0.15, 0.2) is 0 Å². The lowest BCUT2D eigenvalue weighted by Gasteiger charge is -2.23. The van der Waals surface area contributed by atoms with Crippen LogP contribution >= 0.6 is 23.2 Å². The fourth-order valence-electron chi connectivity index (χ4n) is 5.75. The van der Waals surface area contributed by atoms with Gasteiger partial charge in [-0.1, -0.05) is 79.5 Å². The summed E-state index contributed by atoms with van der Waals surface area (Å²) in [7, 11) is 0. The Morgan fingerprint density at radius 1 is 0.733 bits per heavy atom. The standard InChI is InChI=1S/C27H17Cl2N/c1-27(2)19-11-10-17-15-6-3-4-9-22(15)30-25-16(7-5-8-21(25)29)18-12-14(28)13-20(27)23(18)24(19)26(17)30/h3-13H,1-2H3. The topological polar surface area (TPSA) is 4.93 Å². The first-order valence-electron chi connectivity index (χ1n) is 10.2. The molecule has 0 N–H and O–H groups in total. The van der Waals surface area contributed by atoms with Gasteiger partial charge in [-0.25, -0.2) is 0 Å². The van der Waals surface area contributed by atoms with Crippen molar-refractivity contribution in [3.05, 3.63) is 87.9 Å². The average Bonchev–Trinajstić information content (AvgIpc) is 3.12. The molecular formula is C27H17Cl2N. The first-order valence-corrected chi connectivity index (χ1v) is 10.9. The molecular weight excluding hydrogens is 409 g/mol. The molecule has 2 aliphatic rings. The van der Waals surface area contributed by atoms with Gasteiger partial charge in [0.1, 0.15) is 0 Å². The highest BCUT2D eigenvalue weighted by atomic mass is 35.5. The highest BCUT2D eigenvalue weighted by molar-refractivity contribution is 6.34. The summed E-state index contributed by atoms with van der Waals surface area (Å²) in [6.45, 7) is 4.61. The minimum Gasteiger partial charge on any atom is -0.306 e. The minimum absolute atomic E-state index is 0.115. The molecule has 0 radical (unpaired) electrons. The predicted molar refractivity (Wildman–Crippen MR) is 127 cm³/mol. The normalized spacial score (nSPS) is 14.9. The van der Waals surface area contributed by atoms with Gasteiger partial charge < -0.3 is 4.57 Å². The number of para-hydroxylation sites is 2. The van der Waals surface area contributed by atoms with Crippen LogP contribution in [-0.2, 0) is 5.41 Å². The van der Waals surface area contributed by atoms with Crippen LogP contribution in [0.2, 0.25) is 10.0 Å². The molecule has 0 saturated heterocycles. The van der Waals surface area contributed by atoms with Gasteiger partial charge in [0.05, 0.1) is 21.7 Å². The van der Waals surface area contributed by atoms with E-state index in [2.05, 4.69) is 73.0 Å². The van der Waals surface area contributed by atoms with Crippen molar-refractivity contribution in [2.75, 3.05) is 0 Å². The maximum atomic E-state index is 6.89. The van der Waals surface area contributed by atoms with Gasteiger partial charge in [-0.3, -0.25) is 0 Å². The van der Waals surface area contributed by atoms with E-state index in [4.69, 9.17) is 23.2 Å². The van der Waals surface area contributed by atoms with E-state index < -0.39 is 0 Å². The van der Waals surface area contributed by atoms with Crippen LogP contribution in [0, 0.1) is 0 Å². The monoisotopic (exact) mass is 425 g/mol. The van der Waals surface area contributed by atoms with E-state index in [1.807, 2.05) is 12.1 Å². The van der Waals surface area contributed by atoms with E-state index in [1.165, 1.54) is 49.6 Å². The molecule has 0 spiro atoms. The Labute approximate surface area is 184 Å². The third kappa shape index (κ3) is 1.79. The van der Waals surface area contributed by atoms with Crippen LogP contribution in [0.4, 0.5) is 0 Å². The van der Waals surface area contributed by atoms with Crippen LogP contribution in [0.1, 0.15) is 25.0 Å². The van der Waals surface area contributed by atoms with Crippen molar-refractivity contribution in [3.8, 4) is 27.9 Å². The van der Waals surface area contributed by atoms with Gasteiger partial charge >= 0.3 is 0 Å². The Hall–Kier alpha value is -2.74. The molecule has 1 aliphatic heterocycles. The molecule has 0 bridgehead atoms. The smallest absolute Gasteiger partial charge is 0.0727 e. The van der Waals surface area contributed by atoms with Gasteiger partial charge in [0.2, 0.25) is 0 Å². The fraction of sp³-hybridized carbons (Fsp3) is 0.111. The van der Waals surface area contributed by atoms with E-state index in [9.17, 15) is 0 Å². The lowest BCUT2D eigenvalue weighted by Crippen LogP contribution is -2.15. The molecule has 0 unspecified atom stereocenters. The summed E-state index contributed by atoms with van der Waals surface area (Å²) in [6.07, 6.45) is 0. The maximum absolute atomic E-state index is 6.89.